The lowest BCUT2D eigenvalue weighted by Gasteiger charge is -2.10. The van der Waals surface area contributed by atoms with E-state index in [4.69, 9.17) is 0 Å². The van der Waals surface area contributed by atoms with Crippen LogP contribution in [-0.4, -0.2) is 25.0 Å². The summed E-state index contributed by atoms with van der Waals surface area (Å²) in [5, 5.41) is 13.0. The van der Waals surface area contributed by atoms with E-state index < -0.39 is 0 Å². The molecule has 0 bridgehead atoms. The number of phenolic OH excluding ortho intramolecular Hbond substituents is 1. The van der Waals surface area contributed by atoms with Gasteiger partial charge in [-0.15, -0.1) is 0 Å². The number of nitrogens with one attached hydrogen (secondary N) is 2. The summed E-state index contributed by atoms with van der Waals surface area (Å²) in [5.74, 6) is 0.925. The van der Waals surface area contributed by atoms with E-state index in [1.54, 1.807) is 12.4 Å². The lowest BCUT2D eigenvalue weighted by atomic mass is 10.1. The average Bonchev–Trinajstić information content (AvgIpc) is 2.87. The lowest BCUT2D eigenvalue weighted by molar-refractivity contribution is 0.468. The van der Waals surface area contributed by atoms with Gasteiger partial charge >= 0.3 is 0 Å². The van der Waals surface area contributed by atoms with Crippen molar-refractivity contribution in [2.45, 2.75) is 13.5 Å². The van der Waals surface area contributed by atoms with Crippen LogP contribution in [0.15, 0.2) is 30.9 Å². The Balaban J connectivity index is 1.88. The Labute approximate surface area is 109 Å². The maximum atomic E-state index is 9.85. The molecular weight excluding hydrogens is 242 g/mol. The van der Waals surface area contributed by atoms with Crippen LogP contribution in [0.3, 0.4) is 0 Å². The zero-order valence-corrected chi connectivity index (χ0v) is 10.4. The van der Waals surface area contributed by atoms with Crippen molar-refractivity contribution in [1.82, 2.24) is 19.9 Å². The molecule has 0 saturated carbocycles. The van der Waals surface area contributed by atoms with Crippen LogP contribution >= 0.6 is 0 Å². The molecule has 0 radical (unpaired) electrons. The summed E-state index contributed by atoms with van der Waals surface area (Å²) in [5.41, 5.74) is 3.26. The van der Waals surface area contributed by atoms with Gasteiger partial charge in [0.05, 0.1) is 6.33 Å². The summed E-state index contributed by atoms with van der Waals surface area (Å²) in [6, 6.07) is 5.46. The van der Waals surface area contributed by atoms with Crippen LogP contribution in [0.2, 0.25) is 0 Å². The zero-order valence-electron chi connectivity index (χ0n) is 10.4. The van der Waals surface area contributed by atoms with E-state index >= 15 is 0 Å². The van der Waals surface area contributed by atoms with Gasteiger partial charge in [-0.05, 0) is 18.6 Å². The molecule has 3 aromatic rings. The van der Waals surface area contributed by atoms with Crippen LogP contribution in [0.5, 0.6) is 5.75 Å². The second-order valence-corrected chi connectivity index (χ2v) is 4.25. The number of rotatable bonds is 3. The number of aromatic hydroxyl groups is 1. The van der Waals surface area contributed by atoms with Crippen LogP contribution in [0, 0.1) is 6.92 Å². The minimum absolute atomic E-state index is 0.278. The average molecular weight is 255 g/mol. The van der Waals surface area contributed by atoms with E-state index in [1.165, 1.54) is 6.33 Å². The standard InChI is InChI=1S/C13H13N5O/c1-8-3-2-4-10(19)9(8)5-14-12-11-13(16-6-15-11)18-7-17-12/h2-4,6-7,19H,5H2,1H3,(H2,14,15,16,17,18). The van der Waals surface area contributed by atoms with Crippen molar-refractivity contribution < 1.29 is 5.11 Å². The molecule has 0 spiro atoms. The third-order valence-corrected chi connectivity index (χ3v) is 3.04. The largest absolute Gasteiger partial charge is 0.508 e. The third kappa shape index (κ3) is 2.08. The van der Waals surface area contributed by atoms with Crippen LogP contribution in [0.4, 0.5) is 5.82 Å². The van der Waals surface area contributed by atoms with E-state index in [1.807, 2.05) is 19.1 Å². The van der Waals surface area contributed by atoms with Gasteiger partial charge in [0.25, 0.3) is 0 Å². The highest BCUT2D eigenvalue weighted by atomic mass is 16.3. The number of imidazole rings is 1. The summed E-state index contributed by atoms with van der Waals surface area (Å²) in [4.78, 5) is 15.3. The predicted molar refractivity (Wildman–Crippen MR) is 71.9 cm³/mol. The van der Waals surface area contributed by atoms with Crippen molar-refractivity contribution in [3.63, 3.8) is 0 Å². The van der Waals surface area contributed by atoms with Gasteiger partial charge in [0.15, 0.2) is 11.5 Å². The summed E-state index contributed by atoms with van der Waals surface area (Å²) < 4.78 is 0. The van der Waals surface area contributed by atoms with Gasteiger partial charge < -0.3 is 15.4 Å². The summed E-state index contributed by atoms with van der Waals surface area (Å²) in [6.07, 6.45) is 3.05. The van der Waals surface area contributed by atoms with E-state index in [0.29, 0.717) is 23.5 Å². The monoisotopic (exact) mass is 255 g/mol. The lowest BCUT2D eigenvalue weighted by Crippen LogP contribution is -2.04. The molecule has 6 nitrogen and oxygen atoms in total. The molecule has 19 heavy (non-hydrogen) atoms. The Morgan fingerprint density at radius 3 is 3.00 bits per heavy atom. The minimum atomic E-state index is 0.278. The van der Waals surface area contributed by atoms with Crippen molar-refractivity contribution >= 4 is 17.0 Å². The first-order valence-electron chi connectivity index (χ1n) is 5.91. The Bertz CT molecular complexity index is 702. The number of hydrogen-bond acceptors (Lipinski definition) is 5. The molecule has 0 atom stereocenters. The summed E-state index contributed by atoms with van der Waals surface area (Å²) >= 11 is 0. The fourth-order valence-corrected chi connectivity index (χ4v) is 1.98. The van der Waals surface area contributed by atoms with Crippen molar-refractivity contribution in [1.29, 1.82) is 0 Å². The highest BCUT2D eigenvalue weighted by Gasteiger charge is 2.08. The number of H-pyrrole nitrogens is 1. The maximum Gasteiger partial charge on any atom is 0.162 e. The van der Waals surface area contributed by atoms with Crippen LogP contribution in [-0.2, 0) is 6.54 Å². The summed E-state index contributed by atoms with van der Waals surface area (Å²) in [6.45, 7) is 2.44. The fourth-order valence-electron chi connectivity index (χ4n) is 1.98. The molecule has 0 amide bonds. The van der Waals surface area contributed by atoms with Crippen molar-refractivity contribution in [2.24, 2.45) is 0 Å². The molecule has 3 rings (SSSR count). The van der Waals surface area contributed by atoms with Gasteiger partial charge in [-0.3, -0.25) is 0 Å². The van der Waals surface area contributed by atoms with Crippen LogP contribution in [0.25, 0.3) is 11.2 Å². The number of aromatic amines is 1. The second-order valence-electron chi connectivity index (χ2n) is 4.25. The number of anilines is 1. The second kappa shape index (κ2) is 4.56. The molecular formula is C13H13N5O. The normalized spacial score (nSPS) is 10.8. The molecule has 0 aliphatic rings. The minimum Gasteiger partial charge on any atom is -0.508 e. The smallest absolute Gasteiger partial charge is 0.162 e. The highest BCUT2D eigenvalue weighted by Crippen LogP contribution is 2.22. The molecule has 0 fully saturated rings. The Kier molecular flexibility index (Phi) is 2.75. The first-order valence-corrected chi connectivity index (χ1v) is 5.91. The van der Waals surface area contributed by atoms with Crippen molar-refractivity contribution in [2.75, 3.05) is 5.32 Å². The van der Waals surface area contributed by atoms with E-state index in [9.17, 15) is 5.11 Å². The number of benzene rings is 1. The molecule has 96 valence electrons. The Morgan fingerprint density at radius 2 is 2.16 bits per heavy atom. The molecule has 1 aromatic carbocycles. The number of fused-ring (bicyclic) bond motifs is 1. The number of phenols is 1. The Morgan fingerprint density at radius 1 is 1.26 bits per heavy atom. The van der Waals surface area contributed by atoms with Gasteiger partial charge in [0.2, 0.25) is 0 Å². The molecule has 6 heteroatoms. The molecule has 2 heterocycles. The van der Waals surface area contributed by atoms with Gasteiger partial charge in [0, 0.05) is 12.1 Å². The zero-order chi connectivity index (χ0) is 13.2. The third-order valence-electron chi connectivity index (χ3n) is 3.04. The van der Waals surface area contributed by atoms with Gasteiger partial charge in [-0.1, -0.05) is 12.1 Å². The van der Waals surface area contributed by atoms with E-state index in [-0.39, 0.29) is 5.75 Å². The van der Waals surface area contributed by atoms with Crippen molar-refractivity contribution in [3.05, 3.63) is 42.0 Å². The number of aryl methyl sites for hydroxylation is 1. The molecule has 3 N–H and O–H groups in total. The molecule has 0 unspecified atom stereocenters. The van der Waals surface area contributed by atoms with Crippen LogP contribution < -0.4 is 5.32 Å². The maximum absolute atomic E-state index is 9.85. The molecule has 2 aromatic heterocycles. The van der Waals surface area contributed by atoms with Crippen molar-refractivity contribution in [3.8, 4) is 5.75 Å². The molecule has 0 aliphatic carbocycles. The number of hydrogen-bond donors (Lipinski definition) is 3. The van der Waals surface area contributed by atoms with Crippen LogP contribution in [0.1, 0.15) is 11.1 Å². The quantitative estimate of drug-likeness (QED) is 0.666. The topological polar surface area (TPSA) is 86.7 Å². The number of nitrogens with zero attached hydrogens (tertiary/aromatic N) is 3. The molecule has 0 aliphatic heterocycles. The summed E-state index contributed by atoms with van der Waals surface area (Å²) in [7, 11) is 0. The first-order chi connectivity index (χ1) is 9.25. The van der Waals surface area contributed by atoms with Gasteiger partial charge in [-0.25, -0.2) is 15.0 Å². The van der Waals surface area contributed by atoms with Gasteiger partial charge in [0.1, 0.15) is 17.6 Å². The highest BCUT2D eigenvalue weighted by molar-refractivity contribution is 5.81. The Hall–Kier alpha value is -2.63. The molecule has 0 saturated heterocycles. The first kappa shape index (κ1) is 11.5. The predicted octanol–water partition coefficient (Wildman–Crippen LogP) is 1.98. The van der Waals surface area contributed by atoms with Gasteiger partial charge in [-0.2, -0.15) is 0 Å². The number of aromatic nitrogens is 4. The van der Waals surface area contributed by atoms with E-state index in [2.05, 4.69) is 25.3 Å². The fraction of sp³-hybridized carbons (Fsp3) is 0.154. The SMILES string of the molecule is Cc1cccc(O)c1CNc1ncnc2[nH]cnc12. The van der Waals surface area contributed by atoms with E-state index in [0.717, 1.165) is 11.1 Å².